The fraction of sp³-hybridized carbons (Fsp3) is 0.625. The molecule has 106 valence electrons. The number of rotatable bonds is 4. The van der Waals surface area contributed by atoms with E-state index in [-0.39, 0.29) is 11.2 Å². The van der Waals surface area contributed by atoms with E-state index in [2.05, 4.69) is 31.0 Å². The van der Waals surface area contributed by atoms with Crippen LogP contribution in [0.25, 0.3) is 0 Å². The van der Waals surface area contributed by atoms with E-state index < -0.39 is 0 Å². The minimum atomic E-state index is -0.0897. The number of hydrogen-bond acceptors (Lipinski definition) is 2. The maximum absolute atomic E-state index is 14.2. The Bertz CT molecular complexity index is 429. The number of nitrogens with one attached hydrogen (secondary N) is 1. The summed E-state index contributed by atoms with van der Waals surface area (Å²) in [4.78, 5) is 2.23. The van der Waals surface area contributed by atoms with Crippen molar-refractivity contribution in [3.8, 4) is 0 Å². The zero-order chi connectivity index (χ0) is 13.9. The van der Waals surface area contributed by atoms with Crippen molar-refractivity contribution in [1.29, 1.82) is 0 Å². The Hall–Kier alpha value is -1.09. The van der Waals surface area contributed by atoms with Crippen LogP contribution in [0.15, 0.2) is 18.2 Å². The normalized spacial score (nSPS) is 18.6. The average Bonchev–Trinajstić information content (AvgIpc) is 2.35. The minimum Gasteiger partial charge on any atom is -0.368 e. The second kappa shape index (κ2) is 5.91. The molecule has 1 fully saturated rings. The molecule has 0 atom stereocenters. The topological polar surface area (TPSA) is 15.3 Å². The summed E-state index contributed by atoms with van der Waals surface area (Å²) >= 11 is 0. The average molecular weight is 264 g/mol. The van der Waals surface area contributed by atoms with Crippen LogP contribution in [-0.4, -0.2) is 19.6 Å². The molecule has 1 heterocycles. The molecule has 1 aromatic rings. The number of piperidine rings is 1. The highest BCUT2D eigenvalue weighted by Gasteiger charge is 2.28. The molecule has 0 aliphatic carbocycles. The number of para-hydroxylation sites is 1. The second-order valence-corrected chi connectivity index (χ2v) is 6.22. The van der Waals surface area contributed by atoms with Crippen molar-refractivity contribution in [2.45, 2.75) is 40.2 Å². The molecule has 2 nitrogen and oxygen atoms in total. The number of anilines is 1. The standard InChI is InChI=1S/C16H25FN2/c1-4-18-11-13-7-5-8-14(17)15(13)19-10-6-9-16(2,3)12-19/h5,7-8,18H,4,6,9-12H2,1-3H3. The van der Waals surface area contributed by atoms with Gasteiger partial charge < -0.3 is 10.2 Å². The highest BCUT2D eigenvalue weighted by Crippen LogP contribution is 2.34. The zero-order valence-electron chi connectivity index (χ0n) is 12.3. The maximum atomic E-state index is 14.2. The van der Waals surface area contributed by atoms with Gasteiger partial charge in [0.25, 0.3) is 0 Å². The maximum Gasteiger partial charge on any atom is 0.146 e. The van der Waals surface area contributed by atoms with Gasteiger partial charge in [0.2, 0.25) is 0 Å². The zero-order valence-corrected chi connectivity index (χ0v) is 12.3. The Morgan fingerprint density at radius 1 is 1.37 bits per heavy atom. The first-order chi connectivity index (χ1) is 9.03. The van der Waals surface area contributed by atoms with E-state index in [1.54, 1.807) is 12.1 Å². The quantitative estimate of drug-likeness (QED) is 0.894. The fourth-order valence-corrected chi connectivity index (χ4v) is 2.93. The Morgan fingerprint density at radius 2 is 2.16 bits per heavy atom. The van der Waals surface area contributed by atoms with Crippen molar-refractivity contribution in [2.24, 2.45) is 5.41 Å². The predicted molar refractivity (Wildman–Crippen MR) is 79.0 cm³/mol. The van der Waals surface area contributed by atoms with Crippen LogP contribution in [0, 0.1) is 11.2 Å². The molecule has 1 N–H and O–H groups in total. The van der Waals surface area contributed by atoms with E-state index in [9.17, 15) is 4.39 Å². The van der Waals surface area contributed by atoms with E-state index in [1.807, 2.05) is 6.07 Å². The largest absolute Gasteiger partial charge is 0.368 e. The van der Waals surface area contributed by atoms with E-state index >= 15 is 0 Å². The van der Waals surface area contributed by atoms with Crippen molar-refractivity contribution in [3.05, 3.63) is 29.6 Å². The van der Waals surface area contributed by atoms with E-state index in [0.29, 0.717) is 0 Å². The molecule has 0 bridgehead atoms. The summed E-state index contributed by atoms with van der Waals surface area (Å²) in [5.74, 6) is -0.0897. The number of halogens is 1. The molecular formula is C16H25FN2. The smallest absolute Gasteiger partial charge is 0.146 e. The SMILES string of the molecule is CCNCc1cccc(F)c1N1CCCC(C)(C)C1. The van der Waals surface area contributed by atoms with Crippen molar-refractivity contribution < 1.29 is 4.39 Å². The molecule has 1 aliphatic heterocycles. The van der Waals surface area contributed by atoms with Crippen LogP contribution in [0.5, 0.6) is 0 Å². The number of benzene rings is 1. The Labute approximate surface area is 116 Å². The van der Waals surface area contributed by atoms with Gasteiger partial charge >= 0.3 is 0 Å². The summed E-state index contributed by atoms with van der Waals surface area (Å²) in [5.41, 5.74) is 2.14. The summed E-state index contributed by atoms with van der Waals surface area (Å²) in [6.45, 7) is 10.1. The Balaban J connectivity index is 2.26. The molecule has 3 heteroatoms. The molecule has 0 radical (unpaired) electrons. The molecule has 1 saturated heterocycles. The molecule has 1 aromatic carbocycles. The lowest BCUT2D eigenvalue weighted by Crippen LogP contribution is -2.41. The number of nitrogens with zero attached hydrogens (tertiary/aromatic N) is 1. The predicted octanol–water partition coefficient (Wildman–Crippen LogP) is 3.56. The van der Waals surface area contributed by atoms with Crippen LogP contribution >= 0.6 is 0 Å². The van der Waals surface area contributed by atoms with E-state index in [1.165, 1.54) is 6.42 Å². The Kier molecular flexibility index (Phi) is 4.46. The molecule has 0 unspecified atom stereocenters. The molecule has 0 aromatic heterocycles. The van der Waals surface area contributed by atoms with Gasteiger partial charge in [0.15, 0.2) is 0 Å². The third-order valence-corrected chi connectivity index (χ3v) is 3.85. The molecule has 0 spiro atoms. The summed E-state index contributed by atoms with van der Waals surface area (Å²) in [5, 5.41) is 3.30. The summed E-state index contributed by atoms with van der Waals surface area (Å²) < 4.78 is 14.2. The Morgan fingerprint density at radius 3 is 2.84 bits per heavy atom. The number of hydrogen-bond donors (Lipinski definition) is 1. The van der Waals surface area contributed by atoms with Gasteiger partial charge in [0.05, 0.1) is 5.69 Å². The van der Waals surface area contributed by atoms with Crippen LogP contribution < -0.4 is 10.2 Å². The molecule has 0 amide bonds. The fourth-order valence-electron chi connectivity index (χ4n) is 2.93. The lowest BCUT2D eigenvalue weighted by Gasteiger charge is -2.40. The van der Waals surface area contributed by atoms with Gasteiger partial charge in [0.1, 0.15) is 5.82 Å². The van der Waals surface area contributed by atoms with E-state index in [0.717, 1.165) is 43.9 Å². The molecular weight excluding hydrogens is 239 g/mol. The third-order valence-electron chi connectivity index (χ3n) is 3.85. The minimum absolute atomic E-state index is 0.0897. The first-order valence-electron chi connectivity index (χ1n) is 7.26. The molecule has 2 rings (SSSR count). The lowest BCUT2D eigenvalue weighted by atomic mass is 9.84. The van der Waals surface area contributed by atoms with Crippen molar-refractivity contribution in [3.63, 3.8) is 0 Å². The van der Waals surface area contributed by atoms with E-state index in [4.69, 9.17) is 0 Å². The summed E-state index contributed by atoms with van der Waals surface area (Å²) in [6, 6.07) is 5.41. The van der Waals surface area contributed by atoms with Crippen molar-refractivity contribution >= 4 is 5.69 Å². The van der Waals surface area contributed by atoms with Crippen LogP contribution in [0.3, 0.4) is 0 Å². The lowest BCUT2D eigenvalue weighted by molar-refractivity contribution is 0.291. The van der Waals surface area contributed by atoms with Gasteiger partial charge in [-0.25, -0.2) is 4.39 Å². The van der Waals surface area contributed by atoms with Crippen LogP contribution in [0.1, 0.15) is 39.2 Å². The highest BCUT2D eigenvalue weighted by atomic mass is 19.1. The van der Waals surface area contributed by atoms with Gasteiger partial charge in [0, 0.05) is 19.6 Å². The van der Waals surface area contributed by atoms with Crippen molar-refractivity contribution in [2.75, 3.05) is 24.5 Å². The summed E-state index contributed by atoms with van der Waals surface area (Å²) in [6.07, 6.45) is 2.36. The van der Waals surface area contributed by atoms with Gasteiger partial charge in [-0.3, -0.25) is 0 Å². The van der Waals surface area contributed by atoms with Gasteiger partial charge in [-0.2, -0.15) is 0 Å². The molecule has 19 heavy (non-hydrogen) atoms. The van der Waals surface area contributed by atoms with Crippen molar-refractivity contribution in [1.82, 2.24) is 5.32 Å². The van der Waals surface area contributed by atoms with Crippen LogP contribution in [0.2, 0.25) is 0 Å². The first kappa shape index (κ1) is 14.3. The molecule has 0 saturated carbocycles. The van der Waals surface area contributed by atoms with Crippen LogP contribution in [0.4, 0.5) is 10.1 Å². The van der Waals surface area contributed by atoms with Gasteiger partial charge in [-0.15, -0.1) is 0 Å². The first-order valence-corrected chi connectivity index (χ1v) is 7.26. The third kappa shape index (κ3) is 3.47. The monoisotopic (exact) mass is 264 g/mol. The summed E-state index contributed by atoms with van der Waals surface area (Å²) in [7, 11) is 0. The van der Waals surface area contributed by atoms with Crippen LogP contribution in [-0.2, 0) is 6.54 Å². The van der Waals surface area contributed by atoms with Gasteiger partial charge in [-0.05, 0) is 36.4 Å². The highest BCUT2D eigenvalue weighted by molar-refractivity contribution is 5.55. The molecule has 1 aliphatic rings. The second-order valence-electron chi connectivity index (χ2n) is 6.22. The van der Waals surface area contributed by atoms with Gasteiger partial charge in [-0.1, -0.05) is 32.9 Å².